The molecule has 3 N–H and O–H groups in total. The molecule has 20 heavy (non-hydrogen) atoms. The highest BCUT2D eigenvalue weighted by molar-refractivity contribution is 9.10. The van der Waals surface area contributed by atoms with Gasteiger partial charge in [0.15, 0.2) is 5.75 Å². The van der Waals surface area contributed by atoms with E-state index in [1.165, 1.54) is 6.07 Å². The lowest BCUT2D eigenvalue weighted by molar-refractivity contribution is -0.0499. The van der Waals surface area contributed by atoms with Crippen LogP contribution in [-0.4, -0.2) is 19.2 Å². The smallest absolute Gasteiger partial charge is 0.387 e. The second-order valence-corrected chi connectivity index (χ2v) is 6.11. The fraction of sp³-hybridized carbons (Fsp3) is 0.538. The van der Waals surface area contributed by atoms with Gasteiger partial charge in [-0.2, -0.15) is 8.78 Å². The van der Waals surface area contributed by atoms with Gasteiger partial charge in [0.2, 0.25) is 0 Å². The van der Waals surface area contributed by atoms with Gasteiger partial charge in [-0.15, -0.1) is 0 Å². The van der Waals surface area contributed by atoms with Crippen LogP contribution in [0, 0.1) is 5.92 Å². The van der Waals surface area contributed by atoms with Gasteiger partial charge in [0.05, 0.1) is 10.2 Å². The number of ether oxygens (including phenoxy) is 1. The molecule has 1 aliphatic carbocycles. The summed E-state index contributed by atoms with van der Waals surface area (Å²) >= 11 is 9.18. The second kappa shape index (κ2) is 6.91. The maximum atomic E-state index is 12.5. The molecule has 2 atom stereocenters. The minimum atomic E-state index is -2.89. The van der Waals surface area contributed by atoms with Gasteiger partial charge in [-0.3, -0.25) is 0 Å². The van der Waals surface area contributed by atoms with Crippen LogP contribution in [0.4, 0.5) is 14.5 Å². The van der Waals surface area contributed by atoms with E-state index in [2.05, 4.69) is 26.0 Å². The zero-order valence-electron chi connectivity index (χ0n) is 10.7. The van der Waals surface area contributed by atoms with Crippen LogP contribution < -0.4 is 15.8 Å². The maximum absolute atomic E-state index is 12.5. The average molecular weight is 370 g/mol. The van der Waals surface area contributed by atoms with Crippen molar-refractivity contribution < 1.29 is 13.5 Å². The Labute approximate surface area is 129 Å². The maximum Gasteiger partial charge on any atom is 0.387 e. The summed E-state index contributed by atoms with van der Waals surface area (Å²) in [5, 5.41) is 3.69. The van der Waals surface area contributed by atoms with Gasteiger partial charge >= 0.3 is 6.61 Å². The molecule has 0 bridgehead atoms. The lowest BCUT2D eigenvalue weighted by atomic mass is 10.0. The Morgan fingerprint density at radius 2 is 2.20 bits per heavy atom. The highest BCUT2D eigenvalue weighted by Gasteiger charge is 2.27. The summed E-state index contributed by atoms with van der Waals surface area (Å²) in [5.74, 6) is 0.416. The molecule has 1 aromatic carbocycles. The zero-order chi connectivity index (χ0) is 14.7. The molecule has 0 spiro atoms. The molecular weight excluding hydrogens is 354 g/mol. The van der Waals surface area contributed by atoms with E-state index in [1.807, 2.05) is 0 Å². The minimum absolute atomic E-state index is 0.0760. The first-order chi connectivity index (χ1) is 9.51. The van der Waals surface area contributed by atoms with Crippen molar-refractivity contribution in [3.63, 3.8) is 0 Å². The van der Waals surface area contributed by atoms with Gasteiger partial charge in [-0.25, -0.2) is 0 Å². The van der Waals surface area contributed by atoms with Crippen LogP contribution in [0.3, 0.4) is 0 Å². The zero-order valence-corrected chi connectivity index (χ0v) is 13.1. The summed E-state index contributed by atoms with van der Waals surface area (Å²) in [6, 6.07) is 3.28. The Morgan fingerprint density at radius 1 is 1.45 bits per heavy atom. The van der Waals surface area contributed by atoms with Crippen molar-refractivity contribution in [2.75, 3.05) is 11.9 Å². The van der Waals surface area contributed by atoms with E-state index in [9.17, 15) is 8.78 Å². The molecule has 0 aliphatic heterocycles. The molecule has 1 fully saturated rings. The Morgan fingerprint density at radius 3 is 2.85 bits per heavy atom. The number of rotatable bonds is 5. The summed E-state index contributed by atoms with van der Waals surface area (Å²) in [6.45, 7) is -2.31. The van der Waals surface area contributed by atoms with Crippen LogP contribution >= 0.6 is 27.5 Å². The lowest BCUT2D eigenvalue weighted by Gasteiger charge is -2.23. The first kappa shape index (κ1) is 15.8. The summed E-state index contributed by atoms with van der Waals surface area (Å²) in [4.78, 5) is 0. The van der Waals surface area contributed by atoms with Gasteiger partial charge in [0.1, 0.15) is 0 Å². The number of alkyl halides is 2. The van der Waals surface area contributed by atoms with Crippen LogP contribution in [0.2, 0.25) is 5.02 Å². The number of halogens is 4. The third kappa shape index (κ3) is 3.74. The van der Waals surface area contributed by atoms with Gasteiger partial charge in [0, 0.05) is 11.1 Å². The van der Waals surface area contributed by atoms with Crippen molar-refractivity contribution in [3.05, 3.63) is 21.6 Å². The first-order valence-corrected chi connectivity index (χ1v) is 7.58. The van der Waals surface area contributed by atoms with Crippen molar-refractivity contribution in [1.29, 1.82) is 0 Å². The van der Waals surface area contributed by atoms with E-state index in [1.54, 1.807) is 6.07 Å². The highest BCUT2D eigenvalue weighted by Crippen LogP contribution is 2.39. The normalized spacial score (nSPS) is 22.3. The number of anilines is 1. The number of hydrogen-bond acceptors (Lipinski definition) is 3. The van der Waals surface area contributed by atoms with Gasteiger partial charge < -0.3 is 15.8 Å². The first-order valence-electron chi connectivity index (χ1n) is 6.41. The summed E-state index contributed by atoms with van der Waals surface area (Å²) in [5.41, 5.74) is 6.20. The summed E-state index contributed by atoms with van der Waals surface area (Å²) in [6.07, 6.45) is 3.08. The van der Waals surface area contributed by atoms with Crippen LogP contribution in [0.5, 0.6) is 5.75 Å². The third-order valence-corrected chi connectivity index (χ3v) is 4.33. The van der Waals surface area contributed by atoms with Crippen LogP contribution in [0.15, 0.2) is 16.6 Å². The van der Waals surface area contributed by atoms with Crippen molar-refractivity contribution in [3.8, 4) is 5.75 Å². The van der Waals surface area contributed by atoms with Crippen molar-refractivity contribution in [2.24, 2.45) is 11.7 Å². The molecule has 0 amide bonds. The average Bonchev–Trinajstić information content (AvgIpc) is 2.80. The van der Waals surface area contributed by atoms with E-state index in [4.69, 9.17) is 17.3 Å². The van der Waals surface area contributed by atoms with Crippen LogP contribution in [-0.2, 0) is 0 Å². The Bertz CT molecular complexity index is 476. The van der Waals surface area contributed by atoms with Gasteiger partial charge in [0.25, 0.3) is 0 Å². The molecule has 112 valence electrons. The van der Waals surface area contributed by atoms with E-state index in [0.29, 0.717) is 27.6 Å². The Hall–Kier alpha value is -0.590. The van der Waals surface area contributed by atoms with E-state index in [-0.39, 0.29) is 11.8 Å². The largest absolute Gasteiger partial charge is 0.431 e. The molecule has 0 heterocycles. The van der Waals surface area contributed by atoms with Crippen LogP contribution in [0.25, 0.3) is 0 Å². The number of hydrogen-bond donors (Lipinski definition) is 2. The molecule has 0 radical (unpaired) electrons. The quantitative estimate of drug-likeness (QED) is 0.816. The molecule has 2 unspecified atom stereocenters. The molecule has 1 aromatic rings. The van der Waals surface area contributed by atoms with Crippen LogP contribution in [0.1, 0.15) is 19.3 Å². The summed E-state index contributed by atoms with van der Waals surface area (Å²) < 4.78 is 30.0. The molecule has 7 heteroatoms. The molecular formula is C13H16BrClF2N2O. The van der Waals surface area contributed by atoms with Gasteiger partial charge in [-0.1, -0.05) is 18.0 Å². The summed E-state index contributed by atoms with van der Waals surface area (Å²) in [7, 11) is 0. The second-order valence-electron chi connectivity index (χ2n) is 4.82. The molecule has 1 saturated carbocycles. The fourth-order valence-corrected chi connectivity index (χ4v) is 3.49. The SMILES string of the molecule is NCC1CCCC1Nc1cc(Cl)cc(Br)c1OC(F)F. The Balaban J connectivity index is 2.25. The van der Waals surface area contributed by atoms with E-state index in [0.717, 1.165) is 19.3 Å². The monoisotopic (exact) mass is 368 g/mol. The third-order valence-electron chi connectivity index (χ3n) is 3.52. The fourth-order valence-electron chi connectivity index (χ4n) is 2.59. The van der Waals surface area contributed by atoms with Crippen molar-refractivity contribution in [1.82, 2.24) is 0 Å². The molecule has 2 rings (SSSR count). The number of nitrogens with one attached hydrogen (secondary N) is 1. The Kier molecular flexibility index (Phi) is 5.46. The highest BCUT2D eigenvalue weighted by atomic mass is 79.9. The minimum Gasteiger partial charge on any atom is -0.431 e. The standard InChI is InChI=1S/C13H16BrClF2N2O/c14-9-4-8(15)5-11(12(9)20-13(16)17)19-10-3-1-2-7(10)6-18/h4-5,7,10,13,19H,1-3,6,18H2. The predicted octanol–water partition coefficient (Wildman–Crippen LogP) is 4.24. The molecule has 0 aromatic heterocycles. The molecule has 3 nitrogen and oxygen atoms in total. The number of benzene rings is 1. The van der Waals surface area contributed by atoms with Gasteiger partial charge in [-0.05, 0) is 53.4 Å². The van der Waals surface area contributed by atoms with Crippen molar-refractivity contribution >= 4 is 33.2 Å². The lowest BCUT2D eigenvalue weighted by Crippen LogP contribution is -2.29. The van der Waals surface area contributed by atoms with Crippen molar-refractivity contribution in [2.45, 2.75) is 31.9 Å². The molecule has 0 saturated heterocycles. The molecule has 1 aliphatic rings. The van der Waals surface area contributed by atoms with E-state index >= 15 is 0 Å². The topological polar surface area (TPSA) is 47.3 Å². The van der Waals surface area contributed by atoms with E-state index < -0.39 is 6.61 Å². The predicted molar refractivity (Wildman–Crippen MR) is 79.6 cm³/mol. The number of nitrogens with two attached hydrogens (primary N) is 1.